The number of thiazole rings is 1. The van der Waals surface area contributed by atoms with Gasteiger partial charge in [0.15, 0.2) is 0 Å². The maximum Gasteiger partial charge on any atom is 0.234 e. The highest BCUT2D eigenvalue weighted by Gasteiger charge is 2.33. The summed E-state index contributed by atoms with van der Waals surface area (Å²) in [6.07, 6.45) is 5.01. The molecule has 0 bridgehead atoms. The number of imide groups is 1. The van der Waals surface area contributed by atoms with E-state index in [0.717, 1.165) is 70.8 Å². The molecule has 0 aliphatic carbocycles. The first-order chi connectivity index (χ1) is 29.2. The number of aryl methyl sites for hydroxylation is 2. The number of methoxy groups -OCH3 is 1. The van der Waals surface area contributed by atoms with Gasteiger partial charge in [0.25, 0.3) is 0 Å². The van der Waals surface area contributed by atoms with Gasteiger partial charge in [-0.2, -0.15) is 4.98 Å². The Kier molecular flexibility index (Phi) is 14.0. The summed E-state index contributed by atoms with van der Waals surface area (Å²) >= 11 is 5.13. The van der Waals surface area contributed by atoms with Gasteiger partial charge in [-0.15, -0.1) is 11.3 Å². The molecule has 61 heavy (non-hydrogen) atoms. The van der Waals surface area contributed by atoms with Crippen LogP contribution < -0.4 is 41.5 Å². The van der Waals surface area contributed by atoms with Crippen LogP contribution in [-0.4, -0.2) is 86.0 Å². The van der Waals surface area contributed by atoms with E-state index in [1.165, 1.54) is 29.0 Å². The average molecular weight is 939 g/mol. The van der Waals surface area contributed by atoms with Gasteiger partial charge in [-0.3, -0.25) is 14.9 Å². The number of ether oxygens (including phenoxy) is 1. The molecule has 5 N–H and O–H groups in total. The average Bonchev–Trinajstić information content (AvgIpc) is 3.60. The number of carbonyl (C=O) groups excluding carboxylic acids is 2. The lowest BCUT2D eigenvalue weighted by Crippen LogP contribution is -2.44. The molecule has 18 heteroatoms. The molecule has 2 aromatic heterocycles. The van der Waals surface area contributed by atoms with Crippen LogP contribution in [0.3, 0.4) is 0 Å². The van der Waals surface area contributed by atoms with Gasteiger partial charge < -0.3 is 35.5 Å². The van der Waals surface area contributed by atoms with Crippen molar-refractivity contribution in [1.82, 2.24) is 30.9 Å². The normalized spacial score (nSPS) is 16.3. The minimum atomic E-state index is -2.70. The summed E-state index contributed by atoms with van der Waals surface area (Å²) in [6.45, 7) is 11.4. The highest BCUT2D eigenvalue weighted by Crippen LogP contribution is 2.44. The number of amides is 2. The van der Waals surface area contributed by atoms with Crippen molar-refractivity contribution in [3.8, 4) is 5.75 Å². The van der Waals surface area contributed by atoms with E-state index in [1.807, 2.05) is 19.1 Å². The molecule has 13 nitrogen and oxygen atoms in total. The van der Waals surface area contributed by atoms with Gasteiger partial charge in [0, 0.05) is 62.2 Å². The molecule has 2 fully saturated rings. The fourth-order valence-corrected chi connectivity index (χ4v) is 11.3. The van der Waals surface area contributed by atoms with E-state index in [-0.39, 0.29) is 18.4 Å². The van der Waals surface area contributed by atoms with E-state index in [9.17, 15) is 22.9 Å². The molecule has 2 aliphatic rings. The van der Waals surface area contributed by atoms with Gasteiger partial charge in [-0.1, -0.05) is 6.92 Å². The number of anilines is 5. The second-order valence-electron chi connectivity index (χ2n) is 15.8. The molecule has 5 aromatic rings. The van der Waals surface area contributed by atoms with Crippen molar-refractivity contribution in [2.24, 2.45) is 0 Å². The Hall–Kier alpha value is -4.54. The minimum Gasteiger partial charge on any atom is -0.494 e. The van der Waals surface area contributed by atoms with E-state index in [2.05, 4.69) is 76.4 Å². The molecule has 2 aliphatic heterocycles. The van der Waals surface area contributed by atoms with E-state index in [4.69, 9.17) is 9.72 Å². The van der Waals surface area contributed by atoms with Gasteiger partial charge >= 0.3 is 0 Å². The quantitative estimate of drug-likeness (QED) is 0.0374. The zero-order chi connectivity index (χ0) is 43.4. The molecule has 1 atom stereocenters. The van der Waals surface area contributed by atoms with E-state index >= 15 is 0 Å². The molecule has 0 unspecified atom stereocenters. The van der Waals surface area contributed by atoms with Crippen LogP contribution in [0.1, 0.15) is 60.2 Å². The van der Waals surface area contributed by atoms with Crippen LogP contribution in [0.15, 0.2) is 47.1 Å². The summed E-state index contributed by atoms with van der Waals surface area (Å²) in [5.41, 5.74) is 4.81. The molecule has 2 saturated heterocycles. The lowest BCUT2D eigenvalue weighted by Gasteiger charge is -2.35. The Morgan fingerprint density at radius 2 is 1.75 bits per heavy atom. The molecule has 0 radical (unpaired) electrons. The number of piperidine rings is 2. The van der Waals surface area contributed by atoms with Crippen LogP contribution in [-0.2, 0) is 27.0 Å². The molecule has 324 valence electrons. The monoisotopic (exact) mass is 937 g/mol. The van der Waals surface area contributed by atoms with Crippen LogP contribution in [0.5, 0.6) is 5.75 Å². The van der Waals surface area contributed by atoms with Crippen LogP contribution >= 0.6 is 34.4 Å². The summed E-state index contributed by atoms with van der Waals surface area (Å²) in [6, 6.07) is 10.9. The number of rotatable bonds is 16. The van der Waals surface area contributed by atoms with Gasteiger partial charge in [-0.05, 0) is 116 Å². The molecule has 2 amide bonds. The van der Waals surface area contributed by atoms with Gasteiger partial charge in [0.05, 0.1) is 49.4 Å². The summed E-state index contributed by atoms with van der Waals surface area (Å²) in [5.74, 6) is -2.04. The van der Waals surface area contributed by atoms with Crippen molar-refractivity contribution < 1.29 is 27.7 Å². The van der Waals surface area contributed by atoms with E-state index < -0.39 is 36.5 Å². The molecule has 7 rings (SSSR count). The predicted octanol–water partition coefficient (Wildman–Crippen LogP) is 7.65. The van der Waals surface area contributed by atoms with Crippen LogP contribution in [0, 0.1) is 18.6 Å². The van der Waals surface area contributed by atoms with E-state index in [1.54, 1.807) is 26.6 Å². The molecular formula is C43H51BrF2N9O4PS. The third-order valence-corrected chi connectivity index (χ3v) is 14.4. The number of benzene rings is 3. The van der Waals surface area contributed by atoms with Crippen molar-refractivity contribution in [3.63, 3.8) is 0 Å². The van der Waals surface area contributed by atoms with Gasteiger partial charge in [-0.25, -0.2) is 18.7 Å². The molecule has 0 spiro atoms. The SMILES string of the molecule is CCc1cc(Nc2ncc(Br)c(Nc3ccc4nc(C)sc4c3P(C)(C)=O)n2)c(OC)cc1N1CCC(NCCNCCc2cc(F)c([C@H]3CCC(=O)NC3=O)c(F)c2)CC1. The number of carbonyl (C=O) groups is 2. The van der Waals surface area contributed by atoms with Crippen LogP contribution in [0.4, 0.5) is 37.6 Å². The maximum absolute atomic E-state index is 14.9. The molecular weight excluding hydrogens is 887 g/mol. The van der Waals surface area contributed by atoms with Gasteiger partial charge in [0.2, 0.25) is 17.8 Å². The Labute approximate surface area is 366 Å². The number of hydrogen-bond acceptors (Lipinski definition) is 13. The van der Waals surface area contributed by atoms with Crippen LogP contribution in [0.2, 0.25) is 0 Å². The number of hydrogen-bond donors (Lipinski definition) is 5. The topological polar surface area (TPSA) is 162 Å². The summed E-state index contributed by atoms with van der Waals surface area (Å²) in [7, 11) is -1.05. The first-order valence-electron chi connectivity index (χ1n) is 20.5. The number of nitrogens with one attached hydrogen (secondary N) is 5. The van der Waals surface area contributed by atoms with Crippen molar-refractivity contribution in [1.29, 1.82) is 0 Å². The van der Waals surface area contributed by atoms with Crippen molar-refractivity contribution in [2.45, 2.75) is 64.3 Å². The van der Waals surface area contributed by atoms with Crippen LogP contribution in [0.25, 0.3) is 10.2 Å². The highest BCUT2D eigenvalue weighted by molar-refractivity contribution is 9.10. The lowest BCUT2D eigenvalue weighted by molar-refractivity contribution is -0.134. The Morgan fingerprint density at radius 1 is 1.00 bits per heavy atom. The Balaban J connectivity index is 0.916. The fourth-order valence-electron chi connectivity index (χ4n) is 8.08. The summed E-state index contributed by atoms with van der Waals surface area (Å²) < 4.78 is 50.8. The maximum atomic E-state index is 14.9. The first kappa shape index (κ1) is 44.5. The van der Waals surface area contributed by atoms with Crippen molar-refractivity contribution in [3.05, 3.63) is 80.4 Å². The van der Waals surface area contributed by atoms with E-state index in [0.29, 0.717) is 58.8 Å². The second-order valence-corrected chi connectivity index (χ2v) is 21.0. The second kappa shape index (κ2) is 19.2. The largest absolute Gasteiger partial charge is 0.494 e. The lowest BCUT2D eigenvalue weighted by atomic mass is 9.89. The number of fused-ring (bicyclic) bond motifs is 1. The number of nitrogens with zero attached hydrogens (tertiary/aromatic N) is 4. The Morgan fingerprint density at radius 3 is 2.44 bits per heavy atom. The third kappa shape index (κ3) is 10.4. The third-order valence-electron chi connectivity index (χ3n) is 11.1. The summed E-state index contributed by atoms with van der Waals surface area (Å²) in [4.78, 5) is 40.0. The summed E-state index contributed by atoms with van der Waals surface area (Å²) in [5, 5.41) is 17.6. The smallest absolute Gasteiger partial charge is 0.234 e. The molecule has 0 saturated carbocycles. The van der Waals surface area contributed by atoms with Crippen molar-refractivity contribution >= 4 is 90.6 Å². The molecule has 3 aromatic carbocycles. The highest BCUT2D eigenvalue weighted by atomic mass is 79.9. The number of halogens is 3. The fraction of sp³-hybridized carbons (Fsp3) is 0.419. The van der Waals surface area contributed by atoms with Crippen molar-refractivity contribution in [2.75, 3.05) is 68.7 Å². The standard InChI is InChI=1S/C43H51BrF2N9O4PS/c1-6-26-21-34(52-43-49-23-29(44)41(54-43)51-32-8-9-33-40(61-24(2)50-33)39(32)60(4,5)58)36(59-3)22-35(26)55-17-12-27(13-18-55)48-16-15-47-14-11-25-19-30(45)38(31(46)20-25)28-7-10-37(56)53-42(28)57/h8-9,19-23,27-28,47-48H,6-7,10-18H2,1-5H3,(H,53,56,57)(H2,49,51,52,54)/t28-/m1/s1. The zero-order valence-electron chi connectivity index (χ0n) is 34.9. The predicted molar refractivity (Wildman–Crippen MR) is 243 cm³/mol. The Bertz CT molecular complexity index is 2470. The molecule has 4 heterocycles. The minimum absolute atomic E-state index is 0.0571. The number of aromatic nitrogens is 3. The first-order valence-corrected chi connectivity index (χ1v) is 24.7. The zero-order valence-corrected chi connectivity index (χ0v) is 38.2. The van der Waals surface area contributed by atoms with Gasteiger partial charge in [0.1, 0.15) is 30.3 Å².